The number of aromatic nitrogens is 1. The molecule has 0 aliphatic carbocycles. The van der Waals surface area contributed by atoms with Crippen LogP contribution in [-0.2, 0) is 11.2 Å². The zero-order chi connectivity index (χ0) is 19.3. The number of carbonyl (C=O) groups excluding carboxylic acids is 1. The maximum atomic E-state index is 12.7. The molecule has 0 bridgehead atoms. The Morgan fingerprint density at radius 3 is 2.50 bits per heavy atom. The summed E-state index contributed by atoms with van der Waals surface area (Å²) in [5.74, 6) is 0.480. The third-order valence-corrected chi connectivity index (χ3v) is 5.52. The number of rotatable bonds is 6. The molecule has 0 aliphatic rings. The number of benzene rings is 3. The van der Waals surface area contributed by atoms with Gasteiger partial charge in [0.05, 0.1) is 29.5 Å². The van der Waals surface area contributed by atoms with Crippen LogP contribution in [-0.4, -0.2) is 24.7 Å². The molecule has 4 aromatic rings. The van der Waals surface area contributed by atoms with Crippen LogP contribution >= 0.6 is 11.3 Å². The molecule has 0 aliphatic heterocycles. The maximum absolute atomic E-state index is 12.7. The molecule has 4 rings (SSSR count). The van der Waals surface area contributed by atoms with Gasteiger partial charge in [0.15, 0.2) is 0 Å². The van der Waals surface area contributed by atoms with Crippen LogP contribution in [0.1, 0.15) is 15.9 Å². The monoisotopic (exact) mass is 389 g/mol. The second-order valence-electron chi connectivity index (χ2n) is 6.27. The van der Waals surface area contributed by atoms with Gasteiger partial charge in [-0.1, -0.05) is 42.5 Å². The van der Waals surface area contributed by atoms with E-state index < -0.39 is 0 Å². The van der Waals surface area contributed by atoms with Crippen molar-refractivity contribution >= 4 is 27.5 Å². The molecule has 3 aromatic carbocycles. The molecule has 0 atom stereocenters. The number of hydrogen-bond acceptors (Lipinski definition) is 5. The van der Waals surface area contributed by atoms with E-state index in [0.717, 1.165) is 32.1 Å². The standard InChI is InChI=1S/C23H19NO3S/c1-26-17-12-10-16(11-13-17)14-15-27-23(25)19-7-3-2-6-18(19)22-24-20-8-4-5-9-21(20)28-22/h2-13H,14-15H2,1H3. The van der Waals surface area contributed by atoms with Gasteiger partial charge in [-0.05, 0) is 35.9 Å². The van der Waals surface area contributed by atoms with Gasteiger partial charge in [0.25, 0.3) is 0 Å². The minimum absolute atomic E-state index is 0.319. The molecule has 0 unspecified atom stereocenters. The SMILES string of the molecule is COc1ccc(CCOC(=O)c2ccccc2-c2nc3ccccc3s2)cc1. The fourth-order valence-corrected chi connectivity index (χ4v) is 3.97. The van der Waals surface area contributed by atoms with Crippen molar-refractivity contribution in [3.05, 3.63) is 83.9 Å². The average molecular weight is 389 g/mol. The Kier molecular flexibility index (Phi) is 5.35. The lowest BCUT2D eigenvalue weighted by molar-refractivity contribution is 0.0510. The van der Waals surface area contributed by atoms with E-state index in [-0.39, 0.29) is 5.97 Å². The number of ether oxygens (including phenoxy) is 2. The van der Waals surface area contributed by atoms with E-state index in [9.17, 15) is 4.79 Å². The van der Waals surface area contributed by atoms with Gasteiger partial charge in [0.1, 0.15) is 10.8 Å². The zero-order valence-electron chi connectivity index (χ0n) is 15.4. The Hall–Kier alpha value is -3.18. The van der Waals surface area contributed by atoms with Gasteiger partial charge in [-0.2, -0.15) is 0 Å². The Bertz CT molecular complexity index is 1070. The third-order valence-electron chi connectivity index (χ3n) is 4.45. The van der Waals surface area contributed by atoms with E-state index in [0.29, 0.717) is 18.6 Å². The van der Waals surface area contributed by atoms with Crippen molar-refractivity contribution in [2.75, 3.05) is 13.7 Å². The lowest BCUT2D eigenvalue weighted by Crippen LogP contribution is -2.09. The van der Waals surface area contributed by atoms with Crippen LogP contribution in [0.15, 0.2) is 72.8 Å². The van der Waals surface area contributed by atoms with Crippen molar-refractivity contribution in [1.82, 2.24) is 4.98 Å². The van der Waals surface area contributed by atoms with E-state index in [1.807, 2.05) is 66.7 Å². The molecule has 1 aromatic heterocycles. The summed E-state index contributed by atoms with van der Waals surface area (Å²) in [5, 5.41) is 0.823. The highest BCUT2D eigenvalue weighted by Gasteiger charge is 2.16. The predicted molar refractivity (Wildman–Crippen MR) is 112 cm³/mol. The molecule has 1 heterocycles. The van der Waals surface area contributed by atoms with Crippen LogP contribution in [0.3, 0.4) is 0 Å². The minimum atomic E-state index is -0.330. The molecule has 0 fully saturated rings. The Morgan fingerprint density at radius 2 is 1.71 bits per heavy atom. The highest BCUT2D eigenvalue weighted by atomic mass is 32.1. The molecule has 0 N–H and O–H groups in total. The van der Waals surface area contributed by atoms with Crippen molar-refractivity contribution in [3.63, 3.8) is 0 Å². The Morgan fingerprint density at radius 1 is 0.964 bits per heavy atom. The molecule has 0 radical (unpaired) electrons. The van der Waals surface area contributed by atoms with Crippen molar-refractivity contribution < 1.29 is 14.3 Å². The van der Waals surface area contributed by atoms with Crippen LogP contribution in [0.5, 0.6) is 5.75 Å². The molecule has 5 heteroatoms. The molecule has 0 saturated heterocycles. The van der Waals surface area contributed by atoms with E-state index in [1.165, 1.54) is 0 Å². The summed E-state index contributed by atoms with van der Waals surface area (Å²) in [4.78, 5) is 17.3. The van der Waals surface area contributed by atoms with Gasteiger partial charge < -0.3 is 9.47 Å². The highest BCUT2D eigenvalue weighted by molar-refractivity contribution is 7.21. The van der Waals surface area contributed by atoms with Crippen LogP contribution < -0.4 is 4.74 Å². The Balaban J connectivity index is 1.48. The molecular formula is C23H19NO3S. The van der Waals surface area contributed by atoms with Gasteiger partial charge in [-0.25, -0.2) is 9.78 Å². The summed E-state index contributed by atoms with van der Waals surface area (Å²) in [6, 6.07) is 23.2. The van der Waals surface area contributed by atoms with Crippen LogP contribution in [0, 0.1) is 0 Å². The fourth-order valence-electron chi connectivity index (χ4n) is 2.97. The second-order valence-corrected chi connectivity index (χ2v) is 7.30. The third kappa shape index (κ3) is 3.89. The Labute approximate surface area is 167 Å². The van der Waals surface area contributed by atoms with Crippen LogP contribution in [0.4, 0.5) is 0 Å². The summed E-state index contributed by atoms with van der Waals surface area (Å²) in [6.45, 7) is 0.319. The minimum Gasteiger partial charge on any atom is -0.497 e. The molecular weight excluding hydrogens is 370 g/mol. The van der Waals surface area contributed by atoms with E-state index >= 15 is 0 Å². The highest BCUT2D eigenvalue weighted by Crippen LogP contribution is 2.32. The van der Waals surface area contributed by atoms with Gasteiger partial charge in [-0.15, -0.1) is 11.3 Å². The topological polar surface area (TPSA) is 48.4 Å². The summed E-state index contributed by atoms with van der Waals surface area (Å²) in [6.07, 6.45) is 0.652. The number of fused-ring (bicyclic) bond motifs is 1. The lowest BCUT2D eigenvalue weighted by atomic mass is 10.1. The first-order valence-corrected chi connectivity index (χ1v) is 9.81. The molecule has 4 nitrogen and oxygen atoms in total. The number of nitrogens with zero attached hydrogens (tertiary/aromatic N) is 1. The number of methoxy groups -OCH3 is 1. The largest absolute Gasteiger partial charge is 0.497 e. The van der Waals surface area contributed by atoms with Gasteiger partial charge in [0.2, 0.25) is 0 Å². The maximum Gasteiger partial charge on any atom is 0.338 e. The number of carbonyl (C=O) groups is 1. The summed E-state index contributed by atoms with van der Waals surface area (Å²) >= 11 is 1.58. The molecule has 0 saturated carbocycles. The van der Waals surface area contributed by atoms with Gasteiger partial charge in [0, 0.05) is 12.0 Å². The fraction of sp³-hybridized carbons (Fsp3) is 0.130. The molecule has 0 amide bonds. The molecule has 0 spiro atoms. The van der Waals surface area contributed by atoms with E-state index in [2.05, 4.69) is 4.98 Å². The molecule has 140 valence electrons. The lowest BCUT2D eigenvalue weighted by Gasteiger charge is -2.08. The zero-order valence-corrected chi connectivity index (χ0v) is 16.2. The van der Waals surface area contributed by atoms with Gasteiger partial charge in [-0.3, -0.25) is 0 Å². The summed E-state index contributed by atoms with van der Waals surface area (Å²) in [5.41, 5.74) is 3.37. The first-order chi connectivity index (χ1) is 13.7. The number of thiazole rings is 1. The smallest absolute Gasteiger partial charge is 0.338 e. The normalized spacial score (nSPS) is 10.8. The molecule has 28 heavy (non-hydrogen) atoms. The van der Waals surface area contributed by atoms with Crippen LogP contribution in [0.25, 0.3) is 20.8 Å². The van der Waals surface area contributed by atoms with Crippen molar-refractivity contribution in [1.29, 1.82) is 0 Å². The van der Waals surface area contributed by atoms with E-state index in [1.54, 1.807) is 24.5 Å². The van der Waals surface area contributed by atoms with Crippen molar-refractivity contribution in [3.8, 4) is 16.3 Å². The number of hydrogen-bond donors (Lipinski definition) is 0. The number of esters is 1. The van der Waals surface area contributed by atoms with Crippen LogP contribution in [0.2, 0.25) is 0 Å². The number of para-hydroxylation sites is 1. The quantitative estimate of drug-likeness (QED) is 0.416. The first-order valence-electron chi connectivity index (χ1n) is 8.99. The second kappa shape index (κ2) is 8.23. The van der Waals surface area contributed by atoms with E-state index in [4.69, 9.17) is 9.47 Å². The van der Waals surface area contributed by atoms with Gasteiger partial charge >= 0.3 is 5.97 Å². The summed E-state index contributed by atoms with van der Waals surface area (Å²) in [7, 11) is 1.64. The predicted octanol–water partition coefficient (Wildman–Crippen LogP) is 5.37. The van der Waals surface area contributed by atoms with Crippen molar-refractivity contribution in [2.45, 2.75) is 6.42 Å². The average Bonchev–Trinajstić information content (AvgIpc) is 3.18. The summed E-state index contributed by atoms with van der Waals surface area (Å²) < 4.78 is 11.8. The van der Waals surface area contributed by atoms with Crippen molar-refractivity contribution in [2.24, 2.45) is 0 Å². The first kappa shape index (κ1) is 18.2.